The summed E-state index contributed by atoms with van der Waals surface area (Å²) in [5.41, 5.74) is 5.42. The number of unbranched alkanes of at least 4 members (excludes halogenated alkanes) is 7. The molecule has 8 heteroatoms. The Morgan fingerprint density at radius 1 is 0.582 bits per heavy atom. The first-order valence-electron chi connectivity index (χ1n) is 23.7. The van der Waals surface area contributed by atoms with Gasteiger partial charge in [0.1, 0.15) is 29.5 Å². The number of halogens is 3. The molecule has 0 atom stereocenters. The highest BCUT2D eigenvalue weighted by molar-refractivity contribution is 6.25. The summed E-state index contributed by atoms with van der Waals surface area (Å²) >= 11 is 0. The largest absolute Gasteiger partial charge is 0.506 e. The first-order chi connectivity index (χ1) is 32.9. The van der Waals surface area contributed by atoms with Gasteiger partial charge < -0.3 is 14.6 Å². The van der Waals surface area contributed by atoms with Crippen LogP contribution in [0.25, 0.3) is 60.0 Å². The molecular formula is C59H52F3NO4. The zero-order valence-corrected chi connectivity index (χ0v) is 37.4. The topological polar surface area (TPSA) is 68.1 Å². The standard InChI is InChI=1S/C59H52F3NO4/c60-51-34-53(62)52(61)33-49(51)58(64)50(35-63-38-28-29-38)59(65)67-36-37-26-30-39(31-27-37)66-32-16-6-4-2-1-3-5-7-25-48-54-44-21-12-8-17-40(44)42-19-10-14-23-46(42)56(54)57-47-24-15-11-20-43(47)41-18-9-13-22-45(41)55(48)57/h8-15,17-24,26-27,30-31,33-35,38,48,64H,1-7,16,25,28-29,32,36H2. The van der Waals surface area contributed by atoms with Crippen molar-refractivity contribution in [3.05, 3.63) is 179 Å². The van der Waals surface area contributed by atoms with E-state index >= 15 is 0 Å². The van der Waals surface area contributed by atoms with Crippen molar-refractivity contribution in [1.29, 1.82) is 0 Å². The van der Waals surface area contributed by atoms with E-state index in [1.807, 2.05) is 0 Å². The van der Waals surface area contributed by atoms with Crippen LogP contribution < -0.4 is 4.74 Å². The second-order valence-electron chi connectivity index (χ2n) is 18.0. The predicted octanol–water partition coefficient (Wildman–Crippen LogP) is 15.7. The molecule has 2 aliphatic carbocycles. The zero-order chi connectivity index (χ0) is 45.9. The summed E-state index contributed by atoms with van der Waals surface area (Å²) in [6.45, 7) is 0.458. The maximum Gasteiger partial charge on any atom is 0.343 e. The second kappa shape index (κ2) is 19.5. The number of aliphatic hydroxyl groups excluding tert-OH is 1. The summed E-state index contributed by atoms with van der Waals surface area (Å²) in [4.78, 5) is 17.2. The average Bonchev–Trinajstić information content (AvgIpc) is 4.13. The van der Waals surface area contributed by atoms with E-state index in [2.05, 4.69) is 102 Å². The van der Waals surface area contributed by atoms with Crippen LogP contribution in [0.5, 0.6) is 5.75 Å². The van der Waals surface area contributed by atoms with Crippen LogP contribution in [0.4, 0.5) is 13.2 Å². The van der Waals surface area contributed by atoms with Crippen molar-refractivity contribution in [1.82, 2.24) is 0 Å². The van der Waals surface area contributed by atoms with Gasteiger partial charge in [-0.25, -0.2) is 18.0 Å². The number of aliphatic hydroxyl groups is 1. The highest BCUT2D eigenvalue weighted by Crippen LogP contribution is 2.57. The fourth-order valence-corrected chi connectivity index (χ4v) is 10.1. The van der Waals surface area contributed by atoms with Crippen LogP contribution in [0, 0.1) is 17.5 Å². The highest BCUT2D eigenvalue weighted by Gasteiger charge is 2.35. The molecule has 67 heavy (non-hydrogen) atoms. The molecule has 0 heterocycles. The van der Waals surface area contributed by atoms with Crippen LogP contribution in [-0.2, 0) is 16.1 Å². The smallest absolute Gasteiger partial charge is 0.343 e. The third kappa shape index (κ3) is 9.02. The number of hydrogen-bond acceptors (Lipinski definition) is 5. The van der Waals surface area contributed by atoms with Crippen LogP contribution in [0.2, 0.25) is 0 Å². The van der Waals surface area contributed by atoms with Gasteiger partial charge in [0.25, 0.3) is 0 Å². The Bertz CT molecular complexity index is 3080. The minimum absolute atomic E-state index is 0.0205. The molecule has 5 nitrogen and oxygen atoms in total. The SMILES string of the molecule is O=C(OCc1ccc(OCCCCCCCCCCC2c3c(c4ccccc4c4ccccc34)-c3c2c2ccccc2c2ccccc32)cc1)C(C=NC1CC1)=C(O)c1cc(F)c(F)cc1F. The van der Waals surface area contributed by atoms with Gasteiger partial charge in [-0.05, 0) is 115 Å². The van der Waals surface area contributed by atoms with Gasteiger partial charge in [0, 0.05) is 18.2 Å². The minimum Gasteiger partial charge on any atom is -0.506 e. The molecule has 1 fully saturated rings. The number of fused-ring (bicyclic) bond motifs is 13. The molecule has 0 unspecified atom stereocenters. The van der Waals surface area contributed by atoms with Crippen molar-refractivity contribution in [3.63, 3.8) is 0 Å². The normalized spacial score (nSPS) is 14.0. The molecule has 0 radical (unpaired) electrons. The fraction of sp³-hybridized carbons (Fsp3) is 0.254. The Morgan fingerprint density at radius 3 is 1.61 bits per heavy atom. The number of carbonyl (C=O) groups excluding carboxylic acids is 1. The fourth-order valence-electron chi connectivity index (χ4n) is 10.1. The molecule has 2 aliphatic rings. The first kappa shape index (κ1) is 43.9. The van der Waals surface area contributed by atoms with Gasteiger partial charge in [0.15, 0.2) is 11.6 Å². The molecule has 0 saturated heterocycles. The molecule has 0 aromatic heterocycles. The van der Waals surface area contributed by atoms with Gasteiger partial charge in [0.05, 0.1) is 18.2 Å². The number of carbonyl (C=O) groups is 1. The third-order valence-corrected chi connectivity index (χ3v) is 13.5. The van der Waals surface area contributed by atoms with E-state index in [4.69, 9.17) is 9.47 Å². The average molecular weight is 896 g/mol. The Morgan fingerprint density at radius 2 is 1.06 bits per heavy atom. The van der Waals surface area contributed by atoms with Crippen molar-refractivity contribution >= 4 is 61.0 Å². The summed E-state index contributed by atoms with van der Waals surface area (Å²) in [6, 6.07) is 44.0. The summed E-state index contributed by atoms with van der Waals surface area (Å²) in [6.07, 6.45) is 13.1. The number of benzene rings is 8. The maximum absolute atomic E-state index is 14.4. The van der Waals surface area contributed by atoms with Crippen LogP contribution in [0.3, 0.4) is 0 Å². The number of aliphatic imine (C=N–C) groups is 1. The molecule has 8 aromatic carbocycles. The summed E-state index contributed by atoms with van der Waals surface area (Å²) in [5, 5.41) is 21.5. The van der Waals surface area contributed by atoms with Crippen molar-refractivity contribution in [2.75, 3.05) is 6.61 Å². The lowest BCUT2D eigenvalue weighted by Gasteiger charge is -2.19. The Labute approximate surface area is 388 Å². The van der Waals surface area contributed by atoms with E-state index in [9.17, 15) is 23.1 Å². The quantitative estimate of drug-likeness (QED) is 0.0177. The third-order valence-electron chi connectivity index (χ3n) is 13.5. The van der Waals surface area contributed by atoms with Crippen molar-refractivity contribution in [2.24, 2.45) is 4.99 Å². The molecule has 10 rings (SSSR count). The molecule has 0 amide bonds. The first-order valence-corrected chi connectivity index (χ1v) is 23.7. The monoisotopic (exact) mass is 895 g/mol. The molecular weight excluding hydrogens is 844 g/mol. The molecule has 1 N–H and O–H groups in total. The Kier molecular flexibility index (Phi) is 12.8. The molecule has 0 aliphatic heterocycles. The number of nitrogens with zero attached hydrogens (tertiary/aromatic N) is 1. The van der Waals surface area contributed by atoms with Gasteiger partial charge in [0.2, 0.25) is 0 Å². The molecule has 338 valence electrons. The van der Waals surface area contributed by atoms with Crippen LogP contribution >= 0.6 is 0 Å². The molecule has 0 bridgehead atoms. The lowest BCUT2D eigenvalue weighted by molar-refractivity contribution is -0.139. The minimum atomic E-state index is -1.41. The molecule has 1 saturated carbocycles. The number of hydrogen-bond donors (Lipinski definition) is 1. The van der Waals surface area contributed by atoms with Crippen LogP contribution in [0.1, 0.15) is 98.8 Å². The van der Waals surface area contributed by atoms with Gasteiger partial charge in [-0.3, -0.25) is 4.99 Å². The van der Waals surface area contributed by atoms with Gasteiger partial charge >= 0.3 is 5.97 Å². The van der Waals surface area contributed by atoms with E-state index < -0.39 is 40.3 Å². The van der Waals surface area contributed by atoms with Crippen molar-refractivity contribution in [2.45, 2.75) is 89.2 Å². The lowest BCUT2D eigenvalue weighted by atomic mass is 9.84. The second-order valence-corrected chi connectivity index (χ2v) is 18.0. The maximum atomic E-state index is 14.4. The summed E-state index contributed by atoms with van der Waals surface area (Å²) in [7, 11) is 0. The van der Waals surface area contributed by atoms with E-state index in [1.165, 1.54) is 97.4 Å². The summed E-state index contributed by atoms with van der Waals surface area (Å²) < 4.78 is 53.2. The lowest BCUT2D eigenvalue weighted by Crippen LogP contribution is -2.12. The molecule has 8 aromatic rings. The summed E-state index contributed by atoms with van der Waals surface area (Å²) in [5.74, 6) is -4.81. The Hall–Kier alpha value is -6.93. The van der Waals surface area contributed by atoms with E-state index in [0.29, 0.717) is 36.0 Å². The molecule has 0 spiro atoms. The Balaban J connectivity index is 0.702. The van der Waals surface area contributed by atoms with E-state index in [1.54, 1.807) is 24.3 Å². The number of rotatable bonds is 18. The van der Waals surface area contributed by atoms with Crippen LogP contribution in [-0.4, -0.2) is 29.9 Å². The van der Waals surface area contributed by atoms with Crippen molar-refractivity contribution in [3.8, 4) is 16.9 Å². The van der Waals surface area contributed by atoms with Crippen LogP contribution in [0.15, 0.2) is 144 Å². The zero-order valence-electron chi connectivity index (χ0n) is 37.4. The van der Waals surface area contributed by atoms with Crippen molar-refractivity contribution < 1.29 is 32.5 Å². The highest BCUT2D eigenvalue weighted by atomic mass is 19.2. The van der Waals surface area contributed by atoms with E-state index in [-0.39, 0.29) is 12.6 Å². The number of esters is 1. The van der Waals surface area contributed by atoms with Gasteiger partial charge in [-0.2, -0.15) is 0 Å². The van der Waals surface area contributed by atoms with Gasteiger partial charge in [-0.15, -0.1) is 0 Å². The van der Waals surface area contributed by atoms with E-state index in [0.717, 1.165) is 44.7 Å². The number of ether oxygens (including phenoxy) is 2. The van der Waals surface area contributed by atoms with Gasteiger partial charge in [-0.1, -0.05) is 154 Å². The predicted molar refractivity (Wildman–Crippen MR) is 264 cm³/mol.